The number of unbranched alkanes of at least 4 members (excludes halogenated alkanes) is 3. The average molecular weight is 363 g/mol. The Hall–Kier alpha value is -1.48. The highest BCUT2D eigenvalue weighted by Gasteiger charge is 1.98. The number of benzene rings is 2. The van der Waals surface area contributed by atoms with E-state index in [1.807, 2.05) is 42.5 Å². The molecule has 2 nitrogen and oxygen atoms in total. The lowest BCUT2D eigenvalue weighted by Gasteiger charge is -2.09. The molecule has 0 N–H and O–H groups in total. The highest BCUT2D eigenvalue weighted by atomic mass is 79.9. The van der Waals surface area contributed by atoms with Crippen LogP contribution < -0.4 is 9.47 Å². The van der Waals surface area contributed by atoms with Gasteiger partial charge in [0.25, 0.3) is 0 Å². The summed E-state index contributed by atoms with van der Waals surface area (Å²) in [5.41, 5.74) is 1.17. The zero-order valence-electron chi connectivity index (χ0n) is 12.8. The van der Waals surface area contributed by atoms with Crippen molar-refractivity contribution in [1.82, 2.24) is 0 Å². The summed E-state index contributed by atoms with van der Waals surface area (Å²) in [4.78, 5) is 0. The summed E-state index contributed by atoms with van der Waals surface area (Å²) in [5.74, 6) is 1.78. The predicted molar refractivity (Wildman–Crippen MR) is 95.0 cm³/mol. The van der Waals surface area contributed by atoms with Gasteiger partial charge in [0.2, 0.25) is 0 Å². The SMILES string of the molecule is BrCCCCCCOc1ccc(OCc2ccccc2)cc1. The van der Waals surface area contributed by atoms with Gasteiger partial charge >= 0.3 is 0 Å². The van der Waals surface area contributed by atoms with Gasteiger partial charge in [-0.15, -0.1) is 0 Å². The van der Waals surface area contributed by atoms with Gasteiger partial charge in [-0.3, -0.25) is 0 Å². The van der Waals surface area contributed by atoms with Crippen LogP contribution >= 0.6 is 15.9 Å². The van der Waals surface area contributed by atoms with E-state index in [-0.39, 0.29) is 0 Å². The molecule has 0 aliphatic rings. The van der Waals surface area contributed by atoms with Crippen molar-refractivity contribution in [3.05, 3.63) is 60.2 Å². The van der Waals surface area contributed by atoms with E-state index in [4.69, 9.17) is 9.47 Å². The van der Waals surface area contributed by atoms with E-state index in [1.54, 1.807) is 0 Å². The Balaban J connectivity index is 1.67. The van der Waals surface area contributed by atoms with Crippen molar-refractivity contribution in [3.8, 4) is 11.5 Å². The molecule has 0 atom stereocenters. The van der Waals surface area contributed by atoms with E-state index in [2.05, 4.69) is 28.1 Å². The Bertz CT molecular complexity index is 511. The van der Waals surface area contributed by atoms with E-state index in [1.165, 1.54) is 24.8 Å². The predicted octanol–water partition coefficient (Wildman–Crippen LogP) is 5.60. The minimum atomic E-state index is 0.592. The Morgan fingerprint density at radius 1 is 0.682 bits per heavy atom. The quantitative estimate of drug-likeness (QED) is 0.404. The maximum atomic E-state index is 5.76. The van der Waals surface area contributed by atoms with E-state index >= 15 is 0 Å². The van der Waals surface area contributed by atoms with Crippen molar-refractivity contribution in [2.75, 3.05) is 11.9 Å². The van der Waals surface area contributed by atoms with E-state index in [0.29, 0.717) is 6.61 Å². The van der Waals surface area contributed by atoms with Gasteiger partial charge in [0.05, 0.1) is 6.61 Å². The van der Waals surface area contributed by atoms with Crippen molar-refractivity contribution in [2.24, 2.45) is 0 Å². The third-order valence-electron chi connectivity index (χ3n) is 3.37. The van der Waals surface area contributed by atoms with Crippen molar-refractivity contribution in [3.63, 3.8) is 0 Å². The van der Waals surface area contributed by atoms with Gasteiger partial charge in [0, 0.05) is 5.33 Å². The van der Waals surface area contributed by atoms with Crippen molar-refractivity contribution in [2.45, 2.75) is 32.3 Å². The lowest BCUT2D eigenvalue weighted by molar-refractivity contribution is 0.297. The van der Waals surface area contributed by atoms with Crippen LogP contribution in [0.1, 0.15) is 31.2 Å². The molecule has 2 aromatic rings. The number of hydrogen-bond acceptors (Lipinski definition) is 2. The molecule has 0 bridgehead atoms. The Labute approximate surface area is 141 Å². The fourth-order valence-corrected chi connectivity index (χ4v) is 2.51. The van der Waals surface area contributed by atoms with Crippen LogP contribution in [0.15, 0.2) is 54.6 Å². The van der Waals surface area contributed by atoms with Crippen LogP contribution in [0.25, 0.3) is 0 Å². The first-order valence-corrected chi connectivity index (χ1v) is 8.96. The maximum absolute atomic E-state index is 5.76. The first-order chi connectivity index (χ1) is 10.9. The molecule has 0 aliphatic heterocycles. The number of alkyl halides is 1. The standard InChI is InChI=1S/C19H23BrO2/c20-14-6-1-2-7-15-21-18-10-12-19(13-11-18)22-16-17-8-4-3-5-9-17/h3-5,8-13H,1-2,6-7,14-16H2. The molecule has 0 fully saturated rings. The Morgan fingerprint density at radius 3 is 2.00 bits per heavy atom. The second kappa shape index (κ2) is 10.3. The summed E-state index contributed by atoms with van der Waals surface area (Å²) in [7, 11) is 0. The van der Waals surface area contributed by atoms with Crippen LogP contribution in [0.3, 0.4) is 0 Å². The van der Waals surface area contributed by atoms with E-state index in [9.17, 15) is 0 Å². The second-order valence-corrected chi connectivity index (χ2v) is 5.99. The van der Waals surface area contributed by atoms with Crippen LogP contribution in [-0.2, 0) is 6.61 Å². The van der Waals surface area contributed by atoms with Crippen molar-refractivity contribution >= 4 is 15.9 Å². The molecule has 2 aromatic carbocycles. The highest BCUT2D eigenvalue weighted by molar-refractivity contribution is 9.09. The smallest absolute Gasteiger partial charge is 0.120 e. The number of halogens is 1. The fraction of sp³-hybridized carbons (Fsp3) is 0.368. The molecule has 3 heteroatoms. The van der Waals surface area contributed by atoms with Crippen molar-refractivity contribution in [1.29, 1.82) is 0 Å². The number of ether oxygens (including phenoxy) is 2. The summed E-state index contributed by atoms with van der Waals surface area (Å²) in [6.07, 6.45) is 4.84. The summed E-state index contributed by atoms with van der Waals surface area (Å²) >= 11 is 3.45. The molecular formula is C19H23BrO2. The van der Waals surface area contributed by atoms with Gasteiger partial charge in [-0.25, -0.2) is 0 Å². The Kier molecular flexibility index (Phi) is 7.89. The van der Waals surface area contributed by atoms with Gasteiger partial charge in [0.15, 0.2) is 0 Å². The number of rotatable bonds is 10. The van der Waals surface area contributed by atoms with Gasteiger partial charge in [0.1, 0.15) is 18.1 Å². The summed E-state index contributed by atoms with van der Waals surface area (Å²) in [6.45, 7) is 1.38. The van der Waals surface area contributed by atoms with Gasteiger partial charge in [-0.1, -0.05) is 59.1 Å². The molecule has 0 aromatic heterocycles. The minimum Gasteiger partial charge on any atom is -0.494 e. The topological polar surface area (TPSA) is 18.5 Å². The second-order valence-electron chi connectivity index (χ2n) is 5.20. The van der Waals surface area contributed by atoms with Crippen LogP contribution in [0.4, 0.5) is 0 Å². The zero-order chi connectivity index (χ0) is 15.5. The van der Waals surface area contributed by atoms with Crippen LogP contribution in [0, 0.1) is 0 Å². The zero-order valence-corrected chi connectivity index (χ0v) is 14.4. The lowest BCUT2D eigenvalue weighted by atomic mass is 10.2. The monoisotopic (exact) mass is 362 g/mol. The Morgan fingerprint density at radius 2 is 1.32 bits per heavy atom. The summed E-state index contributed by atoms with van der Waals surface area (Å²) < 4.78 is 11.5. The first kappa shape index (κ1) is 16.9. The third-order valence-corrected chi connectivity index (χ3v) is 3.93. The molecule has 118 valence electrons. The molecule has 0 saturated heterocycles. The van der Waals surface area contributed by atoms with Crippen molar-refractivity contribution < 1.29 is 9.47 Å². The molecular weight excluding hydrogens is 340 g/mol. The average Bonchev–Trinajstić information content (AvgIpc) is 2.58. The van der Waals surface area contributed by atoms with Crippen LogP contribution in [-0.4, -0.2) is 11.9 Å². The van der Waals surface area contributed by atoms with Crippen LogP contribution in [0.5, 0.6) is 11.5 Å². The maximum Gasteiger partial charge on any atom is 0.120 e. The summed E-state index contributed by atoms with van der Waals surface area (Å²) in [5, 5.41) is 1.10. The largest absolute Gasteiger partial charge is 0.494 e. The van der Waals surface area contributed by atoms with E-state index < -0.39 is 0 Å². The molecule has 0 aliphatic carbocycles. The van der Waals surface area contributed by atoms with E-state index in [0.717, 1.165) is 29.9 Å². The molecule has 0 unspecified atom stereocenters. The van der Waals surface area contributed by atoms with Gasteiger partial charge in [-0.05, 0) is 42.7 Å². The van der Waals surface area contributed by atoms with Gasteiger partial charge in [-0.2, -0.15) is 0 Å². The highest BCUT2D eigenvalue weighted by Crippen LogP contribution is 2.19. The number of hydrogen-bond donors (Lipinski definition) is 0. The first-order valence-electron chi connectivity index (χ1n) is 7.84. The third kappa shape index (κ3) is 6.52. The molecule has 22 heavy (non-hydrogen) atoms. The molecule has 0 radical (unpaired) electrons. The molecule has 0 spiro atoms. The molecule has 0 heterocycles. The summed E-state index contributed by atoms with van der Waals surface area (Å²) in [6, 6.07) is 18.0. The molecule has 2 rings (SSSR count). The molecule has 0 amide bonds. The van der Waals surface area contributed by atoms with Gasteiger partial charge < -0.3 is 9.47 Å². The molecule has 0 saturated carbocycles. The lowest BCUT2D eigenvalue weighted by Crippen LogP contribution is -1.98. The van der Waals surface area contributed by atoms with Crippen LogP contribution in [0.2, 0.25) is 0 Å². The minimum absolute atomic E-state index is 0.592. The normalized spacial score (nSPS) is 10.4. The fourth-order valence-electron chi connectivity index (χ4n) is 2.11.